The minimum atomic E-state index is 0.444. The van der Waals surface area contributed by atoms with Crippen molar-refractivity contribution in [2.75, 3.05) is 34.2 Å². The molecule has 1 aliphatic rings. The van der Waals surface area contributed by atoms with Gasteiger partial charge in [-0.15, -0.1) is 0 Å². The van der Waals surface area contributed by atoms with Crippen molar-refractivity contribution in [3.8, 4) is 0 Å². The Bertz CT molecular complexity index is 231. The molecule has 0 saturated carbocycles. The first kappa shape index (κ1) is 17.9. The highest BCUT2D eigenvalue weighted by molar-refractivity contribution is 4.91. The van der Waals surface area contributed by atoms with Gasteiger partial charge >= 0.3 is 0 Å². The van der Waals surface area contributed by atoms with Gasteiger partial charge in [-0.05, 0) is 44.8 Å². The number of hydrogen-bond acceptors (Lipinski definition) is 2. The first-order chi connectivity index (χ1) is 8.11. The van der Waals surface area contributed by atoms with Crippen LogP contribution in [0.25, 0.3) is 0 Å². The molecule has 110 valence electrons. The highest BCUT2D eigenvalue weighted by Gasteiger charge is 2.37. The van der Waals surface area contributed by atoms with Gasteiger partial charge in [-0.3, -0.25) is 0 Å². The molecule has 0 aromatic rings. The molecule has 0 aromatic carbocycles. The molecule has 0 spiro atoms. The van der Waals surface area contributed by atoms with Gasteiger partial charge in [0.15, 0.2) is 0 Å². The van der Waals surface area contributed by atoms with Crippen LogP contribution >= 0.6 is 0 Å². The van der Waals surface area contributed by atoms with Crippen LogP contribution in [0.1, 0.15) is 54.4 Å². The summed E-state index contributed by atoms with van der Waals surface area (Å²) in [6.07, 6.45) is 2.64. The van der Waals surface area contributed by atoms with Crippen molar-refractivity contribution in [1.29, 1.82) is 0 Å². The Hall–Kier alpha value is -0.0800. The molecule has 1 heterocycles. The minimum absolute atomic E-state index is 0.444. The van der Waals surface area contributed by atoms with Gasteiger partial charge in [-0.1, -0.05) is 41.5 Å². The van der Waals surface area contributed by atoms with Crippen molar-refractivity contribution in [3.05, 3.63) is 0 Å². The first-order valence-electron chi connectivity index (χ1n) is 7.46. The van der Waals surface area contributed by atoms with Gasteiger partial charge in [-0.2, -0.15) is 0 Å². The van der Waals surface area contributed by atoms with E-state index in [1.807, 2.05) is 13.8 Å². The van der Waals surface area contributed by atoms with Gasteiger partial charge in [0.25, 0.3) is 0 Å². The van der Waals surface area contributed by atoms with Crippen molar-refractivity contribution >= 4 is 0 Å². The Kier molecular flexibility index (Phi) is 6.87. The summed E-state index contributed by atoms with van der Waals surface area (Å²) in [4.78, 5) is 4.88. The van der Waals surface area contributed by atoms with Crippen LogP contribution in [-0.2, 0) is 0 Å². The van der Waals surface area contributed by atoms with Crippen LogP contribution < -0.4 is 0 Å². The summed E-state index contributed by atoms with van der Waals surface area (Å²) in [7, 11) is 6.64. The minimum Gasteiger partial charge on any atom is -0.308 e. The van der Waals surface area contributed by atoms with Crippen LogP contribution in [0.5, 0.6) is 0 Å². The van der Waals surface area contributed by atoms with Crippen molar-refractivity contribution in [3.63, 3.8) is 0 Å². The Balaban J connectivity index is 0.00000137. The van der Waals surface area contributed by atoms with Gasteiger partial charge < -0.3 is 9.80 Å². The maximum atomic E-state index is 2.56. The molecule has 18 heavy (non-hydrogen) atoms. The number of likely N-dealkylation sites (tertiary alicyclic amines) is 1. The van der Waals surface area contributed by atoms with Crippen LogP contribution in [0, 0.1) is 10.8 Å². The number of likely N-dealkylation sites (N-methyl/N-ethyl adjacent to an activating group) is 2. The van der Waals surface area contributed by atoms with Crippen molar-refractivity contribution < 1.29 is 0 Å². The van der Waals surface area contributed by atoms with E-state index in [4.69, 9.17) is 0 Å². The third-order valence-electron chi connectivity index (χ3n) is 3.62. The topological polar surface area (TPSA) is 6.48 Å². The molecule has 0 aliphatic carbocycles. The van der Waals surface area contributed by atoms with Crippen molar-refractivity contribution in [1.82, 2.24) is 9.80 Å². The van der Waals surface area contributed by atoms with E-state index in [0.29, 0.717) is 16.9 Å². The molecule has 0 aromatic heterocycles. The summed E-state index contributed by atoms with van der Waals surface area (Å²) in [5.74, 6) is 0. The molecule has 1 saturated heterocycles. The second-order valence-electron chi connectivity index (χ2n) is 7.54. The van der Waals surface area contributed by atoms with Crippen LogP contribution in [-0.4, -0.2) is 50.1 Å². The molecule has 2 nitrogen and oxygen atoms in total. The van der Waals surface area contributed by atoms with Crippen LogP contribution in [0.3, 0.4) is 0 Å². The largest absolute Gasteiger partial charge is 0.308 e. The van der Waals surface area contributed by atoms with Crippen LogP contribution in [0.15, 0.2) is 0 Å². The molecule has 1 aliphatic heterocycles. The molecular weight excluding hydrogens is 220 g/mol. The molecule has 0 bridgehead atoms. The number of hydrogen-bond donors (Lipinski definition) is 0. The quantitative estimate of drug-likeness (QED) is 0.743. The second-order valence-corrected chi connectivity index (χ2v) is 7.54. The number of rotatable bonds is 2. The average Bonchev–Trinajstić information content (AvgIpc) is 2.22. The summed E-state index contributed by atoms with van der Waals surface area (Å²) in [6.45, 7) is 16.1. The van der Waals surface area contributed by atoms with Gasteiger partial charge in [0.05, 0.1) is 0 Å². The molecule has 1 unspecified atom stereocenters. The zero-order valence-electron chi connectivity index (χ0n) is 14.3. The van der Waals surface area contributed by atoms with E-state index >= 15 is 0 Å². The Labute approximate surface area is 116 Å². The fourth-order valence-electron chi connectivity index (χ4n) is 3.65. The van der Waals surface area contributed by atoms with E-state index in [2.05, 4.69) is 58.6 Å². The van der Waals surface area contributed by atoms with Crippen LogP contribution in [0.2, 0.25) is 0 Å². The molecule has 1 rings (SSSR count). The predicted octanol–water partition coefficient (Wildman–Crippen LogP) is 3.72. The Morgan fingerprint density at radius 1 is 1.06 bits per heavy atom. The summed E-state index contributed by atoms with van der Waals surface area (Å²) < 4.78 is 0. The van der Waals surface area contributed by atoms with E-state index < -0.39 is 0 Å². The molecule has 1 atom stereocenters. The maximum Gasteiger partial charge on any atom is 0.0225 e. The lowest BCUT2D eigenvalue weighted by molar-refractivity contribution is 0.155. The Morgan fingerprint density at radius 3 is 2.00 bits per heavy atom. The first-order valence-corrected chi connectivity index (χ1v) is 7.46. The van der Waals surface area contributed by atoms with Gasteiger partial charge in [0, 0.05) is 19.1 Å². The summed E-state index contributed by atoms with van der Waals surface area (Å²) in [5, 5.41) is 0. The molecule has 2 heteroatoms. The fraction of sp³-hybridized carbons (Fsp3) is 1.00. The smallest absolute Gasteiger partial charge is 0.0225 e. The Morgan fingerprint density at radius 2 is 1.56 bits per heavy atom. The van der Waals surface area contributed by atoms with E-state index in [-0.39, 0.29) is 0 Å². The van der Waals surface area contributed by atoms with E-state index in [1.54, 1.807) is 0 Å². The predicted molar refractivity (Wildman–Crippen MR) is 83.1 cm³/mol. The second kappa shape index (κ2) is 6.91. The van der Waals surface area contributed by atoms with Crippen molar-refractivity contribution in [2.24, 2.45) is 10.8 Å². The lowest BCUT2D eigenvalue weighted by atomic mass is 9.74. The van der Waals surface area contributed by atoms with E-state index in [1.165, 1.54) is 25.9 Å². The van der Waals surface area contributed by atoms with Gasteiger partial charge in [0.1, 0.15) is 0 Å². The summed E-state index contributed by atoms with van der Waals surface area (Å²) in [6, 6.07) is 0.701. The normalized spacial score (nSPS) is 27.3. The molecule has 0 amide bonds. The highest BCUT2D eigenvalue weighted by atomic mass is 15.2. The standard InChI is InChI=1S/C14H30N2.C2H6/c1-13(2)8-12(9-15(5)6)16(7)11-14(3,4)10-13;1-2/h12H,8-11H2,1-7H3;1-2H3. The van der Waals surface area contributed by atoms with Crippen LogP contribution in [0.4, 0.5) is 0 Å². The zero-order valence-corrected chi connectivity index (χ0v) is 14.3. The fourth-order valence-corrected chi connectivity index (χ4v) is 3.65. The number of nitrogens with zero attached hydrogens (tertiary/aromatic N) is 2. The van der Waals surface area contributed by atoms with Gasteiger partial charge in [-0.25, -0.2) is 0 Å². The highest BCUT2D eigenvalue weighted by Crippen LogP contribution is 2.41. The third kappa shape index (κ3) is 6.19. The SMILES string of the molecule is CC.CN(C)CC1CC(C)(C)CC(C)(C)CN1C. The third-order valence-corrected chi connectivity index (χ3v) is 3.62. The van der Waals surface area contributed by atoms with Gasteiger partial charge in [0.2, 0.25) is 0 Å². The monoisotopic (exact) mass is 256 g/mol. The maximum absolute atomic E-state index is 2.56. The lowest BCUT2D eigenvalue weighted by Crippen LogP contribution is -2.42. The molecule has 1 fully saturated rings. The molecule has 0 N–H and O–H groups in total. The van der Waals surface area contributed by atoms with E-state index in [0.717, 1.165) is 0 Å². The zero-order chi connectivity index (χ0) is 14.6. The molecular formula is C16H36N2. The molecule has 0 radical (unpaired) electrons. The average molecular weight is 256 g/mol. The lowest BCUT2D eigenvalue weighted by Gasteiger charge is -2.32. The summed E-state index contributed by atoms with van der Waals surface area (Å²) in [5.41, 5.74) is 0.911. The van der Waals surface area contributed by atoms with E-state index in [9.17, 15) is 0 Å². The summed E-state index contributed by atoms with van der Waals surface area (Å²) >= 11 is 0. The van der Waals surface area contributed by atoms with Crippen molar-refractivity contribution in [2.45, 2.75) is 60.4 Å².